The van der Waals surface area contributed by atoms with Crippen LogP contribution in [0.15, 0.2) is 59.1 Å². The van der Waals surface area contributed by atoms with Gasteiger partial charge in [0.2, 0.25) is 5.79 Å². The Hall–Kier alpha value is -2.77. The molecule has 2 aliphatic rings. The van der Waals surface area contributed by atoms with Crippen LogP contribution in [0.1, 0.15) is 29.2 Å². The highest BCUT2D eigenvalue weighted by atomic mass is 79.9. The van der Waals surface area contributed by atoms with Crippen LogP contribution >= 0.6 is 15.9 Å². The monoisotopic (exact) mass is 485 g/mol. The van der Waals surface area contributed by atoms with Crippen LogP contribution in [0, 0.1) is 5.82 Å². The maximum atomic E-state index is 13.8. The highest BCUT2D eigenvalue weighted by Gasteiger charge is 2.48. The van der Waals surface area contributed by atoms with Crippen LogP contribution in [0.4, 0.5) is 10.1 Å². The van der Waals surface area contributed by atoms with Gasteiger partial charge in [0, 0.05) is 45.9 Å². The van der Waals surface area contributed by atoms with Crippen LogP contribution in [-0.2, 0) is 17.1 Å². The van der Waals surface area contributed by atoms with Crippen molar-refractivity contribution in [3.8, 4) is 17.2 Å². The summed E-state index contributed by atoms with van der Waals surface area (Å²) in [6, 6.07) is 16.2. The second kappa shape index (κ2) is 7.73. The van der Waals surface area contributed by atoms with Crippen molar-refractivity contribution in [2.75, 3.05) is 19.5 Å². The van der Waals surface area contributed by atoms with E-state index in [0.29, 0.717) is 30.3 Å². The van der Waals surface area contributed by atoms with E-state index in [1.54, 1.807) is 20.3 Å². The maximum Gasteiger partial charge on any atom is 0.240 e. The summed E-state index contributed by atoms with van der Waals surface area (Å²) in [5.41, 5.74) is 3.52. The molecule has 5 nitrogen and oxygen atoms in total. The lowest BCUT2D eigenvalue weighted by Gasteiger charge is -2.40. The quantitative estimate of drug-likeness (QED) is 0.496. The van der Waals surface area contributed by atoms with Crippen LogP contribution in [0.2, 0.25) is 0 Å². The smallest absolute Gasteiger partial charge is 0.240 e. The third-order valence-electron chi connectivity index (χ3n) is 5.73. The Morgan fingerprint density at radius 2 is 1.81 bits per heavy atom. The van der Waals surface area contributed by atoms with Gasteiger partial charge in [0.1, 0.15) is 23.1 Å². The Balaban J connectivity index is 1.57. The minimum absolute atomic E-state index is 0.121. The van der Waals surface area contributed by atoms with Gasteiger partial charge in [0.15, 0.2) is 0 Å². The maximum absolute atomic E-state index is 13.8. The van der Waals surface area contributed by atoms with Gasteiger partial charge >= 0.3 is 0 Å². The van der Waals surface area contributed by atoms with Crippen molar-refractivity contribution in [1.82, 2.24) is 0 Å². The molecule has 31 heavy (non-hydrogen) atoms. The minimum atomic E-state index is -0.989. The SMILES string of the molecule is COc1cc(N[C@@H]2C[C@]3(OCc4cc(F)ccc43)Oc3cc(Br)ccc32)cc(OC)c1. The number of halogens is 2. The normalized spacial score (nSPS) is 21.2. The number of hydrogen-bond acceptors (Lipinski definition) is 5. The molecule has 0 fully saturated rings. The number of benzene rings is 3. The number of rotatable bonds is 4. The zero-order chi connectivity index (χ0) is 21.6. The van der Waals surface area contributed by atoms with Crippen LogP contribution in [0.5, 0.6) is 17.2 Å². The molecule has 1 spiro atoms. The Labute approximate surface area is 188 Å². The summed E-state index contributed by atoms with van der Waals surface area (Å²) in [5.74, 6) is 0.828. The topological polar surface area (TPSA) is 49.0 Å². The lowest BCUT2D eigenvalue weighted by molar-refractivity contribution is -0.196. The lowest BCUT2D eigenvalue weighted by Crippen LogP contribution is -2.40. The fraction of sp³-hybridized carbons (Fsp3) is 0.250. The first-order chi connectivity index (χ1) is 15.0. The van der Waals surface area contributed by atoms with Crippen LogP contribution in [-0.4, -0.2) is 14.2 Å². The predicted octanol–water partition coefficient (Wildman–Crippen LogP) is 5.92. The highest BCUT2D eigenvalue weighted by Crippen LogP contribution is 2.51. The van der Waals surface area contributed by atoms with Crippen molar-refractivity contribution in [3.05, 3.63) is 81.6 Å². The van der Waals surface area contributed by atoms with Crippen molar-refractivity contribution in [2.24, 2.45) is 0 Å². The van der Waals surface area contributed by atoms with Gasteiger partial charge in [-0.05, 0) is 35.9 Å². The van der Waals surface area contributed by atoms with Crippen molar-refractivity contribution in [1.29, 1.82) is 0 Å². The van der Waals surface area contributed by atoms with E-state index in [9.17, 15) is 4.39 Å². The van der Waals surface area contributed by atoms with E-state index in [4.69, 9.17) is 18.9 Å². The van der Waals surface area contributed by atoms with E-state index in [-0.39, 0.29) is 11.9 Å². The molecule has 0 aromatic heterocycles. The zero-order valence-corrected chi connectivity index (χ0v) is 18.7. The number of anilines is 1. The predicted molar refractivity (Wildman–Crippen MR) is 118 cm³/mol. The first kappa shape index (κ1) is 20.2. The van der Waals surface area contributed by atoms with Gasteiger partial charge in [-0.3, -0.25) is 0 Å². The molecule has 2 atom stereocenters. The van der Waals surface area contributed by atoms with Gasteiger partial charge in [-0.25, -0.2) is 4.39 Å². The molecule has 0 saturated heterocycles. The third kappa shape index (κ3) is 3.62. The molecule has 7 heteroatoms. The first-order valence-corrected chi connectivity index (χ1v) is 10.7. The summed E-state index contributed by atoms with van der Waals surface area (Å²) in [4.78, 5) is 0. The summed E-state index contributed by atoms with van der Waals surface area (Å²) >= 11 is 3.53. The Morgan fingerprint density at radius 3 is 2.55 bits per heavy atom. The minimum Gasteiger partial charge on any atom is -0.497 e. The molecule has 2 heterocycles. The van der Waals surface area contributed by atoms with E-state index >= 15 is 0 Å². The van der Waals surface area contributed by atoms with Crippen LogP contribution in [0.3, 0.4) is 0 Å². The van der Waals surface area contributed by atoms with E-state index in [1.165, 1.54) is 12.1 Å². The number of methoxy groups -OCH3 is 2. The van der Waals surface area contributed by atoms with Crippen LogP contribution < -0.4 is 19.5 Å². The Kier molecular flexibility index (Phi) is 5.02. The average Bonchev–Trinajstić information content (AvgIpc) is 3.09. The summed E-state index contributed by atoms with van der Waals surface area (Å²) in [6.07, 6.45) is 0.514. The average molecular weight is 486 g/mol. The molecule has 0 unspecified atom stereocenters. The summed E-state index contributed by atoms with van der Waals surface area (Å²) in [7, 11) is 3.24. The van der Waals surface area contributed by atoms with Crippen LogP contribution in [0.25, 0.3) is 0 Å². The lowest BCUT2D eigenvalue weighted by atomic mass is 9.89. The molecular formula is C24H21BrFNO4. The molecule has 5 rings (SSSR count). The van der Waals surface area contributed by atoms with Gasteiger partial charge in [0.05, 0.1) is 26.9 Å². The van der Waals surface area contributed by atoms with E-state index in [1.807, 2.05) is 36.4 Å². The number of ether oxygens (including phenoxy) is 4. The van der Waals surface area contributed by atoms with Gasteiger partial charge in [-0.1, -0.05) is 22.0 Å². The Bertz CT molecular complexity index is 1130. The highest BCUT2D eigenvalue weighted by molar-refractivity contribution is 9.10. The zero-order valence-electron chi connectivity index (χ0n) is 17.1. The van der Waals surface area contributed by atoms with Crippen molar-refractivity contribution < 1.29 is 23.3 Å². The largest absolute Gasteiger partial charge is 0.497 e. The summed E-state index contributed by atoms with van der Waals surface area (Å²) in [5, 5.41) is 3.59. The first-order valence-electron chi connectivity index (χ1n) is 9.90. The summed E-state index contributed by atoms with van der Waals surface area (Å²) < 4.78 is 38.1. The van der Waals surface area contributed by atoms with Gasteiger partial charge in [0.25, 0.3) is 0 Å². The van der Waals surface area contributed by atoms with Crippen molar-refractivity contribution in [2.45, 2.75) is 24.9 Å². The number of hydrogen-bond donors (Lipinski definition) is 1. The molecule has 0 bridgehead atoms. The third-order valence-corrected chi connectivity index (χ3v) is 6.22. The van der Waals surface area contributed by atoms with E-state index in [2.05, 4.69) is 21.2 Å². The fourth-order valence-electron chi connectivity index (χ4n) is 4.28. The second-order valence-electron chi connectivity index (χ2n) is 7.63. The second-order valence-corrected chi connectivity index (χ2v) is 8.55. The Morgan fingerprint density at radius 1 is 1.03 bits per heavy atom. The van der Waals surface area contributed by atoms with Crippen molar-refractivity contribution in [3.63, 3.8) is 0 Å². The molecule has 0 aliphatic carbocycles. The van der Waals surface area contributed by atoms with Gasteiger partial charge in [-0.2, -0.15) is 0 Å². The standard InChI is InChI=1S/C24H21BrFNO4/c1-28-18-9-17(10-19(11-18)29-2)27-22-12-24(31-23-8-15(25)3-5-20(22)23)21-6-4-16(26)7-14(21)13-30-24/h3-11,22,27H,12-13H2,1-2H3/t22-,24+/m1/s1. The fourth-order valence-corrected chi connectivity index (χ4v) is 4.62. The molecule has 3 aromatic rings. The summed E-state index contributed by atoms with van der Waals surface area (Å²) in [6.45, 7) is 0.302. The van der Waals surface area contributed by atoms with Gasteiger partial charge < -0.3 is 24.3 Å². The molecule has 0 saturated carbocycles. The van der Waals surface area contributed by atoms with E-state index < -0.39 is 5.79 Å². The molecule has 1 N–H and O–H groups in total. The van der Waals surface area contributed by atoms with E-state index in [0.717, 1.165) is 26.9 Å². The molecule has 2 aliphatic heterocycles. The molecule has 0 radical (unpaired) electrons. The molecule has 3 aromatic carbocycles. The number of nitrogens with one attached hydrogen (secondary N) is 1. The van der Waals surface area contributed by atoms with Gasteiger partial charge in [-0.15, -0.1) is 0 Å². The van der Waals surface area contributed by atoms with Crippen molar-refractivity contribution >= 4 is 21.6 Å². The number of fused-ring (bicyclic) bond motifs is 3. The molecule has 0 amide bonds. The molecule has 160 valence electrons. The molecular weight excluding hydrogens is 465 g/mol.